The second-order valence-electron chi connectivity index (χ2n) is 6.74. The van der Waals surface area contributed by atoms with Gasteiger partial charge >= 0.3 is 6.61 Å². The van der Waals surface area contributed by atoms with Crippen LogP contribution in [-0.2, 0) is 0 Å². The van der Waals surface area contributed by atoms with Gasteiger partial charge in [0.05, 0.1) is 11.4 Å². The SMILES string of the molecule is O=C(NC(F)[C@H](O)C(F)F)c1cc(-c2ccc(OC(F)F)cc2)nn(-c2cccc(F)c2)c1=O. The molecule has 7 nitrogen and oxygen atoms in total. The number of carbonyl (C=O) groups excluding carboxylic acids is 1. The zero-order valence-electron chi connectivity index (χ0n) is 16.8. The van der Waals surface area contributed by atoms with Crippen LogP contribution in [0.2, 0.25) is 0 Å². The lowest BCUT2D eigenvalue weighted by Gasteiger charge is -2.17. The van der Waals surface area contributed by atoms with Gasteiger partial charge in [-0.2, -0.15) is 18.6 Å². The molecule has 1 amide bonds. The van der Waals surface area contributed by atoms with Gasteiger partial charge in [-0.25, -0.2) is 17.6 Å². The van der Waals surface area contributed by atoms with Gasteiger partial charge < -0.3 is 15.2 Å². The molecule has 3 rings (SSSR count). The molecule has 180 valence electrons. The molecule has 2 aromatic carbocycles. The molecule has 0 saturated heterocycles. The molecule has 34 heavy (non-hydrogen) atoms. The average Bonchev–Trinajstić information content (AvgIpc) is 2.78. The van der Waals surface area contributed by atoms with Crippen molar-refractivity contribution >= 4 is 5.91 Å². The Balaban J connectivity index is 2.09. The third-order valence-corrected chi connectivity index (χ3v) is 4.41. The Kier molecular flexibility index (Phi) is 7.56. The number of ether oxygens (including phenoxy) is 1. The lowest BCUT2D eigenvalue weighted by atomic mass is 10.1. The highest BCUT2D eigenvalue weighted by atomic mass is 19.3. The minimum atomic E-state index is -3.51. The van der Waals surface area contributed by atoms with Gasteiger partial charge in [0.2, 0.25) is 6.30 Å². The van der Waals surface area contributed by atoms with E-state index in [1.165, 1.54) is 29.6 Å². The number of hydrogen-bond donors (Lipinski definition) is 2. The van der Waals surface area contributed by atoms with E-state index in [1.807, 2.05) is 0 Å². The maximum Gasteiger partial charge on any atom is 0.387 e. The lowest BCUT2D eigenvalue weighted by molar-refractivity contribution is -0.0551. The summed E-state index contributed by atoms with van der Waals surface area (Å²) in [5, 5.41) is 14.6. The first-order valence-corrected chi connectivity index (χ1v) is 9.43. The van der Waals surface area contributed by atoms with E-state index >= 15 is 0 Å². The molecule has 1 heterocycles. The summed E-state index contributed by atoms with van der Waals surface area (Å²) in [5.41, 5.74) is -1.97. The molecule has 0 radical (unpaired) electrons. The van der Waals surface area contributed by atoms with Crippen LogP contribution in [0.15, 0.2) is 59.4 Å². The van der Waals surface area contributed by atoms with Gasteiger partial charge in [-0.3, -0.25) is 9.59 Å². The van der Waals surface area contributed by atoms with Crippen molar-refractivity contribution in [2.24, 2.45) is 0 Å². The Morgan fingerprint density at radius 2 is 1.71 bits per heavy atom. The largest absolute Gasteiger partial charge is 0.435 e. The van der Waals surface area contributed by atoms with Crippen LogP contribution in [0.3, 0.4) is 0 Å². The molecule has 1 aromatic heterocycles. The van der Waals surface area contributed by atoms with E-state index in [2.05, 4.69) is 9.84 Å². The number of aliphatic hydroxyl groups excluding tert-OH is 1. The maximum atomic E-state index is 13.9. The zero-order chi connectivity index (χ0) is 25.0. The van der Waals surface area contributed by atoms with Crippen LogP contribution in [0, 0.1) is 5.82 Å². The Bertz CT molecular complexity index is 1220. The summed E-state index contributed by atoms with van der Waals surface area (Å²) in [6.45, 7) is -3.08. The van der Waals surface area contributed by atoms with Gasteiger partial charge in [-0.1, -0.05) is 6.07 Å². The molecule has 0 spiro atoms. The van der Waals surface area contributed by atoms with Crippen LogP contribution in [0.4, 0.5) is 26.3 Å². The third kappa shape index (κ3) is 5.73. The van der Waals surface area contributed by atoms with Crippen LogP contribution in [0.25, 0.3) is 16.9 Å². The Morgan fingerprint density at radius 1 is 1.03 bits per heavy atom. The number of aromatic nitrogens is 2. The normalized spacial score (nSPS) is 13.1. The second kappa shape index (κ2) is 10.4. The summed E-state index contributed by atoms with van der Waals surface area (Å²) < 4.78 is 82.2. The molecule has 0 aliphatic carbocycles. The minimum absolute atomic E-state index is 0.109. The van der Waals surface area contributed by atoms with Crippen molar-refractivity contribution in [1.82, 2.24) is 15.1 Å². The van der Waals surface area contributed by atoms with Crippen LogP contribution in [-0.4, -0.2) is 46.2 Å². The van der Waals surface area contributed by atoms with Crippen molar-refractivity contribution in [1.29, 1.82) is 0 Å². The van der Waals surface area contributed by atoms with Crippen molar-refractivity contribution in [2.75, 3.05) is 0 Å². The highest BCUT2D eigenvalue weighted by Crippen LogP contribution is 2.23. The van der Waals surface area contributed by atoms with Crippen molar-refractivity contribution in [3.05, 3.63) is 76.3 Å². The van der Waals surface area contributed by atoms with E-state index in [0.29, 0.717) is 4.68 Å². The summed E-state index contributed by atoms with van der Waals surface area (Å²) >= 11 is 0. The van der Waals surface area contributed by atoms with Gasteiger partial charge in [0, 0.05) is 5.56 Å². The minimum Gasteiger partial charge on any atom is -0.435 e. The topological polar surface area (TPSA) is 93.4 Å². The molecular weight excluding hydrogens is 472 g/mol. The maximum absolute atomic E-state index is 13.9. The van der Waals surface area contributed by atoms with E-state index in [0.717, 1.165) is 30.3 Å². The number of rotatable bonds is 8. The summed E-state index contributed by atoms with van der Waals surface area (Å²) in [7, 11) is 0. The molecule has 2 atom stereocenters. The molecule has 3 aromatic rings. The van der Waals surface area contributed by atoms with Crippen LogP contribution >= 0.6 is 0 Å². The van der Waals surface area contributed by atoms with E-state index in [9.17, 15) is 35.9 Å². The average molecular weight is 487 g/mol. The number of amides is 1. The lowest BCUT2D eigenvalue weighted by Crippen LogP contribution is -2.45. The first kappa shape index (κ1) is 24.8. The van der Waals surface area contributed by atoms with Crippen molar-refractivity contribution < 1.29 is 41.0 Å². The predicted molar refractivity (Wildman–Crippen MR) is 106 cm³/mol. The molecule has 13 heteroatoms. The van der Waals surface area contributed by atoms with E-state index in [4.69, 9.17) is 5.11 Å². The fourth-order valence-corrected chi connectivity index (χ4v) is 2.80. The Labute approximate surface area is 187 Å². The van der Waals surface area contributed by atoms with Crippen molar-refractivity contribution in [3.63, 3.8) is 0 Å². The first-order chi connectivity index (χ1) is 16.1. The quantitative estimate of drug-likeness (QED) is 0.376. The number of carbonyl (C=O) groups is 1. The number of halogens is 6. The molecule has 1 unspecified atom stereocenters. The van der Waals surface area contributed by atoms with Crippen LogP contribution < -0.4 is 15.6 Å². The van der Waals surface area contributed by atoms with E-state index in [1.54, 1.807) is 0 Å². The first-order valence-electron chi connectivity index (χ1n) is 9.43. The fourth-order valence-electron chi connectivity index (χ4n) is 2.80. The Morgan fingerprint density at radius 3 is 2.29 bits per heavy atom. The third-order valence-electron chi connectivity index (χ3n) is 4.41. The summed E-state index contributed by atoms with van der Waals surface area (Å²) in [5.74, 6) is -2.40. The van der Waals surface area contributed by atoms with Gasteiger partial charge in [-0.05, 0) is 48.5 Å². The molecule has 2 N–H and O–H groups in total. The van der Waals surface area contributed by atoms with Crippen molar-refractivity contribution in [2.45, 2.75) is 25.4 Å². The van der Waals surface area contributed by atoms with Gasteiger partial charge in [0.15, 0.2) is 6.10 Å². The number of alkyl halides is 5. The highest BCUT2D eigenvalue weighted by Gasteiger charge is 2.30. The van der Waals surface area contributed by atoms with Crippen molar-refractivity contribution in [3.8, 4) is 22.7 Å². The highest BCUT2D eigenvalue weighted by molar-refractivity contribution is 5.95. The van der Waals surface area contributed by atoms with Gasteiger partial charge in [-0.15, -0.1) is 0 Å². The monoisotopic (exact) mass is 487 g/mol. The Hall–Kier alpha value is -3.87. The van der Waals surface area contributed by atoms with Gasteiger partial charge in [0.1, 0.15) is 17.1 Å². The molecule has 0 fully saturated rings. The molecule has 0 aliphatic heterocycles. The number of aliphatic hydroxyl groups is 1. The predicted octanol–water partition coefficient (Wildman–Crippen LogP) is 3.29. The van der Waals surface area contributed by atoms with Gasteiger partial charge in [0.25, 0.3) is 17.9 Å². The van der Waals surface area contributed by atoms with Crippen LogP contribution in [0.1, 0.15) is 10.4 Å². The summed E-state index contributed by atoms with van der Waals surface area (Å²) in [6, 6.07) is 10.2. The smallest absolute Gasteiger partial charge is 0.387 e. The molecular formula is C21H15F6N3O4. The second-order valence-corrected chi connectivity index (χ2v) is 6.74. The molecule has 0 saturated carbocycles. The standard InChI is InChI=1S/C21H15F6N3O4/c22-11-2-1-3-12(8-11)30-20(33)14(19(32)28-18(25)16(31)17(23)24)9-15(29-30)10-4-6-13(7-5-10)34-21(26)27/h1-9,16-18,21,31H,(H,28,32)/t16-,18?/m1/s1. The number of nitrogens with one attached hydrogen (secondary N) is 1. The zero-order valence-corrected chi connectivity index (χ0v) is 16.8. The molecule has 0 aliphatic rings. The van der Waals surface area contributed by atoms with E-state index < -0.39 is 48.3 Å². The number of benzene rings is 2. The van der Waals surface area contributed by atoms with E-state index in [-0.39, 0.29) is 22.7 Å². The number of nitrogens with zero attached hydrogens (tertiary/aromatic N) is 2. The summed E-state index contributed by atoms with van der Waals surface area (Å²) in [6.07, 6.45) is -9.27. The fraction of sp³-hybridized carbons (Fsp3) is 0.190. The van der Waals surface area contributed by atoms with Crippen LogP contribution in [0.5, 0.6) is 5.75 Å². The summed E-state index contributed by atoms with van der Waals surface area (Å²) in [4.78, 5) is 25.3. The molecule has 0 bridgehead atoms. The number of hydrogen-bond acceptors (Lipinski definition) is 5.